The van der Waals surface area contributed by atoms with Gasteiger partial charge in [-0.15, -0.1) is 0 Å². The van der Waals surface area contributed by atoms with E-state index in [1.54, 1.807) is 5.56 Å². The van der Waals surface area contributed by atoms with Crippen LogP contribution in [0.1, 0.15) is 49.8 Å². The average molecular weight is 272 g/mol. The van der Waals surface area contributed by atoms with E-state index in [0.717, 1.165) is 12.5 Å². The average Bonchev–Trinajstić information content (AvgIpc) is 2.79. The monoisotopic (exact) mass is 272 g/mol. The van der Waals surface area contributed by atoms with Crippen LogP contribution in [-0.4, -0.2) is 31.1 Å². The van der Waals surface area contributed by atoms with Gasteiger partial charge < -0.3 is 10.2 Å². The molecule has 2 heteroatoms. The molecule has 0 spiro atoms. The molecule has 0 aliphatic heterocycles. The van der Waals surface area contributed by atoms with E-state index in [-0.39, 0.29) is 0 Å². The molecule has 20 heavy (non-hydrogen) atoms. The molecule has 0 amide bonds. The van der Waals surface area contributed by atoms with E-state index in [2.05, 4.69) is 48.5 Å². The van der Waals surface area contributed by atoms with E-state index in [1.807, 2.05) is 0 Å². The van der Waals surface area contributed by atoms with Crippen molar-refractivity contribution in [3.63, 3.8) is 0 Å². The molecule has 110 valence electrons. The van der Waals surface area contributed by atoms with Gasteiger partial charge in [0.1, 0.15) is 0 Å². The van der Waals surface area contributed by atoms with Gasteiger partial charge in [-0.2, -0.15) is 0 Å². The minimum atomic E-state index is 0.524. The first kappa shape index (κ1) is 14.1. The number of benzene rings is 1. The fourth-order valence-corrected chi connectivity index (χ4v) is 3.75. The lowest BCUT2D eigenvalue weighted by Crippen LogP contribution is -2.44. The second-order valence-corrected chi connectivity index (χ2v) is 6.64. The number of nitrogens with one attached hydrogen (secondary N) is 1. The third kappa shape index (κ3) is 2.77. The Kier molecular flexibility index (Phi) is 4.42. The third-order valence-corrected chi connectivity index (χ3v) is 5.16. The zero-order chi connectivity index (χ0) is 13.9. The maximum Gasteiger partial charge on any atom is 0.0484 e. The predicted molar refractivity (Wildman–Crippen MR) is 84.9 cm³/mol. The lowest BCUT2D eigenvalue weighted by molar-refractivity contribution is 0.142. The molecule has 1 aromatic carbocycles. The van der Waals surface area contributed by atoms with E-state index >= 15 is 0 Å². The van der Waals surface area contributed by atoms with Crippen LogP contribution < -0.4 is 5.32 Å². The Morgan fingerprint density at radius 2 is 2.05 bits per heavy atom. The van der Waals surface area contributed by atoms with Crippen molar-refractivity contribution in [2.75, 3.05) is 20.1 Å². The molecule has 2 atom stereocenters. The fraction of sp³-hybridized carbons (Fsp3) is 0.667. The molecule has 0 aromatic heterocycles. The van der Waals surface area contributed by atoms with Gasteiger partial charge in [0.15, 0.2) is 0 Å². The molecule has 2 aliphatic rings. The first-order valence-electron chi connectivity index (χ1n) is 8.31. The highest BCUT2D eigenvalue weighted by atomic mass is 15.2. The molecular weight excluding hydrogens is 244 g/mol. The Bertz CT molecular complexity index is 439. The molecule has 0 heterocycles. The van der Waals surface area contributed by atoms with Gasteiger partial charge in [0, 0.05) is 18.6 Å². The molecular formula is C18H28N2. The number of fused-ring (bicyclic) bond motifs is 1. The molecule has 0 bridgehead atoms. The minimum absolute atomic E-state index is 0.524. The van der Waals surface area contributed by atoms with Crippen LogP contribution in [0.3, 0.4) is 0 Å². The Morgan fingerprint density at radius 3 is 2.75 bits per heavy atom. The number of hydrogen-bond donors (Lipinski definition) is 1. The summed E-state index contributed by atoms with van der Waals surface area (Å²) in [4.78, 5) is 2.62. The highest BCUT2D eigenvalue weighted by molar-refractivity contribution is 5.37. The van der Waals surface area contributed by atoms with Crippen LogP contribution in [0.5, 0.6) is 0 Å². The molecule has 1 saturated carbocycles. The van der Waals surface area contributed by atoms with Crippen molar-refractivity contribution in [3.05, 3.63) is 35.4 Å². The summed E-state index contributed by atoms with van der Waals surface area (Å²) < 4.78 is 0. The molecule has 3 rings (SSSR count). The Balaban J connectivity index is 1.72. The molecule has 0 saturated heterocycles. The van der Waals surface area contributed by atoms with E-state index in [9.17, 15) is 0 Å². The molecule has 1 aromatic rings. The molecule has 2 nitrogen and oxygen atoms in total. The van der Waals surface area contributed by atoms with Gasteiger partial charge >= 0.3 is 0 Å². The maximum atomic E-state index is 3.79. The largest absolute Gasteiger partial charge is 0.309 e. The van der Waals surface area contributed by atoms with E-state index in [0.29, 0.717) is 12.1 Å². The van der Waals surface area contributed by atoms with Crippen molar-refractivity contribution in [1.29, 1.82) is 0 Å². The van der Waals surface area contributed by atoms with Crippen molar-refractivity contribution < 1.29 is 0 Å². The molecule has 1 fully saturated rings. The highest BCUT2D eigenvalue weighted by Gasteiger charge is 2.35. The summed E-state index contributed by atoms with van der Waals surface area (Å²) in [6, 6.07) is 10.2. The topological polar surface area (TPSA) is 15.3 Å². The van der Waals surface area contributed by atoms with Crippen LogP contribution >= 0.6 is 0 Å². The van der Waals surface area contributed by atoms with Gasteiger partial charge in [-0.25, -0.2) is 0 Å². The van der Waals surface area contributed by atoms with Crippen LogP contribution in [0, 0.1) is 5.92 Å². The summed E-state index contributed by atoms with van der Waals surface area (Å²) in [5, 5.41) is 3.79. The summed E-state index contributed by atoms with van der Waals surface area (Å²) in [7, 11) is 2.33. The molecule has 2 unspecified atom stereocenters. The smallest absolute Gasteiger partial charge is 0.0484 e. The first-order chi connectivity index (χ1) is 9.79. The van der Waals surface area contributed by atoms with Gasteiger partial charge in [-0.1, -0.05) is 37.6 Å². The Hall–Kier alpha value is -0.860. The van der Waals surface area contributed by atoms with Gasteiger partial charge in [0.05, 0.1) is 0 Å². The van der Waals surface area contributed by atoms with Crippen LogP contribution in [0.25, 0.3) is 0 Å². The summed E-state index contributed by atoms with van der Waals surface area (Å²) >= 11 is 0. The Labute approximate surface area is 123 Å². The minimum Gasteiger partial charge on any atom is -0.309 e. The second-order valence-electron chi connectivity index (χ2n) is 6.64. The lowest BCUT2D eigenvalue weighted by atomic mass is 9.85. The fourth-order valence-electron chi connectivity index (χ4n) is 3.75. The third-order valence-electron chi connectivity index (χ3n) is 5.16. The van der Waals surface area contributed by atoms with Crippen molar-refractivity contribution >= 4 is 0 Å². The summed E-state index contributed by atoms with van der Waals surface area (Å²) in [6.07, 6.45) is 6.74. The van der Waals surface area contributed by atoms with Crippen molar-refractivity contribution in [3.8, 4) is 0 Å². The molecule has 1 N–H and O–H groups in total. The predicted octanol–water partition coefficient (Wildman–Crippen LogP) is 3.38. The Morgan fingerprint density at radius 1 is 1.25 bits per heavy atom. The van der Waals surface area contributed by atoms with Gasteiger partial charge in [-0.3, -0.25) is 0 Å². The summed E-state index contributed by atoms with van der Waals surface area (Å²) in [5.41, 5.74) is 3.08. The van der Waals surface area contributed by atoms with Crippen molar-refractivity contribution in [2.45, 2.75) is 51.1 Å². The number of rotatable bonds is 6. The van der Waals surface area contributed by atoms with Crippen LogP contribution in [0.15, 0.2) is 24.3 Å². The van der Waals surface area contributed by atoms with E-state index < -0.39 is 0 Å². The standard InChI is InChI=1S/C18H28N2/c1-3-11-19-18-16-10-5-4-9-15(16)12-17(18)20(2)13-14-7-6-8-14/h4-5,9-10,14,17-19H,3,6-8,11-13H2,1-2H3. The number of likely N-dealkylation sites (N-methyl/N-ethyl adjacent to an activating group) is 1. The van der Waals surface area contributed by atoms with Crippen molar-refractivity contribution in [2.24, 2.45) is 5.92 Å². The van der Waals surface area contributed by atoms with E-state index in [1.165, 1.54) is 44.2 Å². The first-order valence-corrected chi connectivity index (χ1v) is 8.31. The zero-order valence-electron chi connectivity index (χ0n) is 12.9. The zero-order valence-corrected chi connectivity index (χ0v) is 12.9. The van der Waals surface area contributed by atoms with Gasteiger partial charge in [0.25, 0.3) is 0 Å². The van der Waals surface area contributed by atoms with E-state index in [4.69, 9.17) is 0 Å². The van der Waals surface area contributed by atoms with Crippen LogP contribution in [0.2, 0.25) is 0 Å². The van der Waals surface area contributed by atoms with Gasteiger partial charge in [-0.05, 0) is 56.3 Å². The van der Waals surface area contributed by atoms with Crippen LogP contribution in [0.4, 0.5) is 0 Å². The van der Waals surface area contributed by atoms with Gasteiger partial charge in [0.2, 0.25) is 0 Å². The van der Waals surface area contributed by atoms with Crippen LogP contribution in [-0.2, 0) is 6.42 Å². The normalized spacial score (nSPS) is 25.8. The molecule has 2 aliphatic carbocycles. The summed E-state index contributed by atoms with van der Waals surface area (Å²) in [5.74, 6) is 0.954. The maximum absolute atomic E-state index is 3.79. The quantitative estimate of drug-likeness (QED) is 0.854. The number of hydrogen-bond acceptors (Lipinski definition) is 2. The second kappa shape index (κ2) is 6.28. The molecule has 0 radical (unpaired) electrons. The van der Waals surface area contributed by atoms with Crippen molar-refractivity contribution in [1.82, 2.24) is 10.2 Å². The highest BCUT2D eigenvalue weighted by Crippen LogP contribution is 2.36. The SMILES string of the molecule is CCCNC1c2ccccc2CC1N(C)CC1CCC1. The lowest BCUT2D eigenvalue weighted by Gasteiger charge is -2.36. The number of nitrogens with zero attached hydrogens (tertiary/aromatic N) is 1. The summed E-state index contributed by atoms with van der Waals surface area (Å²) in [6.45, 7) is 4.65.